The highest BCUT2D eigenvalue weighted by molar-refractivity contribution is 6.01. The van der Waals surface area contributed by atoms with Crippen molar-refractivity contribution in [1.29, 1.82) is 0 Å². The third kappa shape index (κ3) is 3.20. The summed E-state index contributed by atoms with van der Waals surface area (Å²) in [5.74, 6) is -0.388. The molecule has 0 aliphatic carbocycles. The number of nitrogens with one attached hydrogen (secondary N) is 1. The third-order valence-corrected chi connectivity index (χ3v) is 5.90. The van der Waals surface area contributed by atoms with Crippen LogP contribution in [0.25, 0.3) is 10.9 Å². The molecule has 0 radical (unpaired) electrons. The van der Waals surface area contributed by atoms with Crippen LogP contribution in [0.5, 0.6) is 0 Å². The SMILES string of the molecule is CCc1c(C(=O)N2CCC(O)(c3ccc(C)cc3)CC2)[nH]c2ccc(F)cc12. The van der Waals surface area contributed by atoms with E-state index in [2.05, 4.69) is 4.98 Å². The summed E-state index contributed by atoms with van der Waals surface area (Å²) in [6.07, 6.45) is 1.64. The van der Waals surface area contributed by atoms with Gasteiger partial charge in [-0.2, -0.15) is 0 Å². The van der Waals surface area contributed by atoms with Gasteiger partial charge in [0.2, 0.25) is 0 Å². The Bertz CT molecular complexity index is 1020. The molecule has 3 aromatic rings. The number of H-pyrrole nitrogens is 1. The molecule has 1 saturated heterocycles. The Morgan fingerprint density at radius 2 is 1.86 bits per heavy atom. The lowest BCUT2D eigenvalue weighted by Crippen LogP contribution is -2.45. The number of likely N-dealkylation sites (tertiary alicyclic amines) is 1. The number of hydrogen-bond donors (Lipinski definition) is 2. The summed E-state index contributed by atoms with van der Waals surface area (Å²) in [6, 6.07) is 12.5. The number of halogens is 1. The van der Waals surface area contributed by atoms with E-state index in [1.165, 1.54) is 12.1 Å². The second kappa shape index (κ2) is 7.06. The fourth-order valence-electron chi connectivity index (χ4n) is 4.16. The number of rotatable bonds is 3. The van der Waals surface area contributed by atoms with Gasteiger partial charge in [-0.15, -0.1) is 0 Å². The van der Waals surface area contributed by atoms with E-state index in [1.54, 1.807) is 11.0 Å². The van der Waals surface area contributed by atoms with Gasteiger partial charge < -0.3 is 15.0 Å². The molecule has 1 aliphatic heterocycles. The smallest absolute Gasteiger partial charge is 0.270 e. The Morgan fingerprint density at radius 1 is 1.18 bits per heavy atom. The van der Waals surface area contributed by atoms with Crippen LogP contribution in [-0.2, 0) is 12.0 Å². The standard InChI is InChI=1S/C23H25FN2O2/c1-3-18-19-14-17(24)8-9-20(19)25-21(18)22(27)26-12-10-23(28,11-13-26)16-6-4-15(2)5-7-16/h4-9,14,25,28H,3,10-13H2,1-2H3. The molecular weight excluding hydrogens is 355 g/mol. The summed E-state index contributed by atoms with van der Waals surface area (Å²) >= 11 is 0. The predicted molar refractivity (Wildman–Crippen MR) is 108 cm³/mol. The first-order valence-corrected chi connectivity index (χ1v) is 9.80. The van der Waals surface area contributed by atoms with E-state index in [1.807, 2.05) is 38.1 Å². The van der Waals surface area contributed by atoms with E-state index in [0.29, 0.717) is 38.0 Å². The Kier molecular flexibility index (Phi) is 4.71. The number of fused-ring (bicyclic) bond motifs is 1. The maximum absolute atomic E-state index is 13.7. The van der Waals surface area contributed by atoms with Crippen molar-refractivity contribution in [1.82, 2.24) is 9.88 Å². The zero-order valence-electron chi connectivity index (χ0n) is 16.3. The maximum atomic E-state index is 13.7. The topological polar surface area (TPSA) is 56.3 Å². The van der Waals surface area contributed by atoms with Gasteiger partial charge in [0.05, 0.1) is 5.60 Å². The van der Waals surface area contributed by atoms with Gasteiger partial charge in [0.25, 0.3) is 5.91 Å². The summed E-state index contributed by atoms with van der Waals surface area (Å²) in [5, 5.41) is 11.8. The van der Waals surface area contributed by atoms with Crippen LogP contribution in [0.2, 0.25) is 0 Å². The van der Waals surface area contributed by atoms with Crippen LogP contribution in [0.1, 0.15) is 46.9 Å². The minimum atomic E-state index is -0.901. The Hall–Kier alpha value is -2.66. The minimum Gasteiger partial charge on any atom is -0.385 e. The van der Waals surface area contributed by atoms with Crippen molar-refractivity contribution in [3.8, 4) is 0 Å². The Labute approximate surface area is 164 Å². The predicted octanol–water partition coefficient (Wildman–Crippen LogP) is 4.30. The summed E-state index contributed by atoms with van der Waals surface area (Å²) in [5.41, 5.74) is 3.31. The highest BCUT2D eigenvalue weighted by Crippen LogP contribution is 2.34. The molecule has 0 unspecified atom stereocenters. The van der Waals surface area contributed by atoms with E-state index < -0.39 is 5.60 Å². The molecule has 1 aromatic heterocycles. The summed E-state index contributed by atoms with van der Waals surface area (Å²) in [7, 11) is 0. The van der Waals surface area contributed by atoms with Gasteiger partial charge in [-0.05, 0) is 55.5 Å². The van der Waals surface area contributed by atoms with E-state index in [4.69, 9.17) is 0 Å². The van der Waals surface area contributed by atoms with Crippen LogP contribution in [0.3, 0.4) is 0 Å². The van der Waals surface area contributed by atoms with Gasteiger partial charge in [-0.1, -0.05) is 36.8 Å². The van der Waals surface area contributed by atoms with Crippen molar-refractivity contribution in [3.63, 3.8) is 0 Å². The van der Waals surface area contributed by atoms with Gasteiger partial charge in [-0.3, -0.25) is 4.79 Å². The monoisotopic (exact) mass is 380 g/mol. The number of aryl methyl sites for hydroxylation is 2. The van der Waals surface area contributed by atoms with E-state index in [-0.39, 0.29) is 11.7 Å². The first-order chi connectivity index (χ1) is 13.4. The number of amides is 1. The number of carbonyl (C=O) groups is 1. The molecular formula is C23H25FN2O2. The number of benzene rings is 2. The van der Waals surface area contributed by atoms with Gasteiger partial charge in [-0.25, -0.2) is 4.39 Å². The molecule has 28 heavy (non-hydrogen) atoms. The zero-order valence-corrected chi connectivity index (χ0v) is 16.3. The van der Waals surface area contributed by atoms with Crippen LogP contribution in [-0.4, -0.2) is 34.0 Å². The van der Waals surface area contributed by atoms with E-state index in [0.717, 1.165) is 27.6 Å². The van der Waals surface area contributed by atoms with Crippen molar-refractivity contribution in [2.45, 2.75) is 38.7 Å². The van der Waals surface area contributed by atoms with Gasteiger partial charge in [0, 0.05) is 24.0 Å². The second-order valence-electron chi connectivity index (χ2n) is 7.71. The fraction of sp³-hybridized carbons (Fsp3) is 0.348. The Morgan fingerprint density at radius 3 is 2.50 bits per heavy atom. The van der Waals surface area contributed by atoms with Crippen molar-refractivity contribution < 1.29 is 14.3 Å². The van der Waals surface area contributed by atoms with Gasteiger partial charge in [0.15, 0.2) is 0 Å². The summed E-state index contributed by atoms with van der Waals surface area (Å²) in [6.45, 7) is 4.95. The van der Waals surface area contributed by atoms with Crippen molar-refractivity contribution in [2.24, 2.45) is 0 Å². The molecule has 1 amide bonds. The molecule has 5 heteroatoms. The number of aromatic amines is 1. The van der Waals surface area contributed by atoms with Crippen molar-refractivity contribution >= 4 is 16.8 Å². The highest BCUT2D eigenvalue weighted by Gasteiger charge is 2.36. The number of nitrogens with zero attached hydrogens (tertiary/aromatic N) is 1. The van der Waals surface area contributed by atoms with Crippen LogP contribution < -0.4 is 0 Å². The molecule has 0 bridgehead atoms. The maximum Gasteiger partial charge on any atom is 0.270 e. The van der Waals surface area contributed by atoms with Crippen LogP contribution in [0.15, 0.2) is 42.5 Å². The van der Waals surface area contributed by atoms with Crippen LogP contribution in [0, 0.1) is 12.7 Å². The van der Waals surface area contributed by atoms with E-state index >= 15 is 0 Å². The highest BCUT2D eigenvalue weighted by atomic mass is 19.1. The van der Waals surface area contributed by atoms with Crippen LogP contribution in [0.4, 0.5) is 4.39 Å². The Balaban J connectivity index is 1.56. The quantitative estimate of drug-likeness (QED) is 0.712. The molecule has 4 nitrogen and oxygen atoms in total. The lowest BCUT2D eigenvalue weighted by atomic mass is 9.84. The van der Waals surface area contributed by atoms with Crippen LogP contribution >= 0.6 is 0 Å². The zero-order chi connectivity index (χ0) is 19.9. The number of hydrogen-bond acceptors (Lipinski definition) is 2. The molecule has 2 heterocycles. The molecule has 1 aliphatic rings. The lowest BCUT2D eigenvalue weighted by molar-refractivity contribution is -0.0212. The first kappa shape index (κ1) is 18.7. The van der Waals surface area contributed by atoms with Crippen molar-refractivity contribution in [3.05, 3.63) is 70.7 Å². The average molecular weight is 380 g/mol. The average Bonchev–Trinajstić information content (AvgIpc) is 3.06. The summed E-state index contributed by atoms with van der Waals surface area (Å²) in [4.78, 5) is 18.1. The van der Waals surface area contributed by atoms with Crippen molar-refractivity contribution in [2.75, 3.05) is 13.1 Å². The minimum absolute atomic E-state index is 0.0839. The molecule has 2 aromatic carbocycles. The lowest BCUT2D eigenvalue weighted by Gasteiger charge is -2.38. The molecule has 146 valence electrons. The van der Waals surface area contributed by atoms with E-state index in [9.17, 15) is 14.3 Å². The normalized spacial score (nSPS) is 16.5. The second-order valence-corrected chi connectivity index (χ2v) is 7.71. The molecule has 1 fully saturated rings. The molecule has 0 spiro atoms. The number of aromatic nitrogens is 1. The van der Waals surface area contributed by atoms with Gasteiger partial charge >= 0.3 is 0 Å². The summed E-state index contributed by atoms with van der Waals surface area (Å²) < 4.78 is 13.7. The molecule has 2 N–H and O–H groups in total. The largest absolute Gasteiger partial charge is 0.385 e. The number of aliphatic hydroxyl groups is 1. The number of piperidine rings is 1. The molecule has 4 rings (SSSR count). The molecule has 0 saturated carbocycles. The molecule has 0 atom stereocenters. The first-order valence-electron chi connectivity index (χ1n) is 9.80. The van der Waals surface area contributed by atoms with Gasteiger partial charge in [0.1, 0.15) is 11.5 Å². The third-order valence-electron chi connectivity index (χ3n) is 5.90. The fourth-order valence-corrected chi connectivity index (χ4v) is 4.16. The number of carbonyl (C=O) groups excluding carboxylic acids is 1.